The number of carbonyl (C=O) groups is 1. The summed E-state index contributed by atoms with van der Waals surface area (Å²) in [6.45, 7) is 6.26. The van der Waals surface area contributed by atoms with E-state index < -0.39 is 0 Å². The van der Waals surface area contributed by atoms with Gasteiger partial charge in [-0.2, -0.15) is 0 Å². The molecule has 2 fully saturated rings. The van der Waals surface area contributed by atoms with Gasteiger partial charge < -0.3 is 4.74 Å². The van der Waals surface area contributed by atoms with Gasteiger partial charge in [0.15, 0.2) is 0 Å². The number of hydrogen-bond acceptors (Lipinski definition) is 3. The van der Waals surface area contributed by atoms with E-state index in [1.54, 1.807) is 0 Å². The molecule has 1 saturated heterocycles. The minimum atomic E-state index is 0.330. The molecule has 1 heterocycles. The van der Waals surface area contributed by atoms with Crippen molar-refractivity contribution in [2.45, 2.75) is 57.7 Å². The van der Waals surface area contributed by atoms with Crippen LogP contribution in [0, 0.1) is 0 Å². The molecule has 2 atom stereocenters. The lowest BCUT2D eigenvalue weighted by Crippen LogP contribution is -2.53. The zero-order valence-corrected chi connectivity index (χ0v) is 9.74. The Bertz CT molecular complexity index is 232. The van der Waals surface area contributed by atoms with E-state index in [4.69, 9.17) is 4.74 Å². The maximum atomic E-state index is 11.2. The van der Waals surface area contributed by atoms with Crippen LogP contribution in [0.5, 0.6) is 0 Å². The SMILES string of the molecule is CC1OCCN(C2CCC(=O)CC2)C1C. The summed E-state index contributed by atoms with van der Waals surface area (Å²) in [7, 11) is 0. The van der Waals surface area contributed by atoms with Gasteiger partial charge in [0.25, 0.3) is 0 Å². The van der Waals surface area contributed by atoms with Crippen molar-refractivity contribution in [3.05, 3.63) is 0 Å². The minimum Gasteiger partial charge on any atom is -0.376 e. The van der Waals surface area contributed by atoms with E-state index in [1.807, 2.05) is 0 Å². The highest BCUT2D eigenvalue weighted by molar-refractivity contribution is 5.79. The standard InChI is InChI=1S/C12H21NO2/c1-9-10(2)15-8-7-13(9)11-3-5-12(14)6-4-11/h9-11H,3-8H2,1-2H3. The Morgan fingerprint density at radius 1 is 1.27 bits per heavy atom. The number of carbonyl (C=O) groups excluding carboxylic acids is 1. The maximum Gasteiger partial charge on any atom is 0.133 e. The molecular formula is C12H21NO2. The smallest absolute Gasteiger partial charge is 0.133 e. The minimum absolute atomic E-state index is 0.330. The molecule has 3 heteroatoms. The molecule has 15 heavy (non-hydrogen) atoms. The molecule has 0 aromatic carbocycles. The van der Waals surface area contributed by atoms with Crippen molar-refractivity contribution in [2.24, 2.45) is 0 Å². The number of nitrogens with zero attached hydrogens (tertiary/aromatic N) is 1. The Balaban J connectivity index is 1.94. The van der Waals surface area contributed by atoms with Crippen molar-refractivity contribution in [3.63, 3.8) is 0 Å². The van der Waals surface area contributed by atoms with E-state index >= 15 is 0 Å². The molecule has 0 amide bonds. The summed E-state index contributed by atoms with van der Waals surface area (Å²) < 4.78 is 5.62. The van der Waals surface area contributed by atoms with Gasteiger partial charge in [0.2, 0.25) is 0 Å². The Hall–Kier alpha value is -0.410. The lowest BCUT2D eigenvalue weighted by atomic mass is 9.91. The van der Waals surface area contributed by atoms with Gasteiger partial charge in [0.1, 0.15) is 5.78 Å². The van der Waals surface area contributed by atoms with Gasteiger partial charge >= 0.3 is 0 Å². The average molecular weight is 211 g/mol. The topological polar surface area (TPSA) is 29.5 Å². The van der Waals surface area contributed by atoms with E-state index in [0.717, 1.165) is 38.8 Å². The van der Waals surface area contributed by atoms with Gasteiger partial charge in [-0.1, -0.05) is 0 Å². The highest BCUT2D eigenvalue weighted by atomic mass is 16.5. The third-order valence-corrected chi connectivity index (χ3v) is 3.91. The number of ketones is 1. The van der Waals surface area contributed by atoms with Gasteiger partial charge in [-0.15, -0.1) is 0 Å². The fraction of sp³-hybridized carbons (Fsp3) is 0.917. The number of Topliss-reactive ketones (excluding diaryl/α,β-unsaturated/α-hetero) is 1. The lowest BCUT2D eigenvalue weighted by molar-refractivity contribution is -0.123. The normalized spacial score (nSPS) is 35.7. The number of hydrogen-bond donors (Lipinski definition) is 0. The molecular weight excluding hydrogens is 190 g/mol. The van der Waals surface area contributed by atoms with Crippen LogP contribution in [0.2, 0.25) is 0 Å². The van der Waals surface area contributed by atoms with Crippen molar-refractivity contribution >= 4 is 5.78 Å². The van der Waals surface area contributed by atoms with Crippen LogP contribution >= 0.6 is 0 Å². The fourth-order valence-corrected chi connectivity index (χ4v) is 2.73. The van der Waals surface area contributed by atoms with Crippen LogP contribution in [-0.4, -0.2) is 42.0 Å². The van der Waals surface area contributed by atoms with Crippen molar-refractivity contribution < 1.29 is 9.53 Å². The summed E-state index contributed by atoms with van der Waals surface area (Å²) in [6.07, 6.45) is 3.99. The second-order valence-corrected chi connectivity index (χ2v) is 4.82. The largest absolute Gasteiger partial charge is 0.376 e. The Morgan fingerprint density at radius 2 is 1.93 bits per heavy atom. The van der Waals surface area contributed by atoms with Gasteiger partial charge in [0, 0.05) is 31.5 Å². The maximum absolute atomic E-state index is 11.2. The molecule has 0 radical (unpaired) electrons. The van der Waals surface area contributed by atoms with Crippen molar-refractivity contribution in [1.82, 2.24) is 4.90 Å². The van der Waals surface area contributed by atoms with Crippen LogP contribution in [0.1, 0.15) is 39.5 Å². The third-order valence-electron chi connectivity index (χ3n) is 3.91. The Kier molecular flexibility index (Phi) is 3.42. The Labute approximate surface area is 91.8 Å². The van der Waals surface area contributed by atoms with Crippen molar-refractivity contribution in [2.75, 3.05) is 13.2 Å². The number of rotatable bonds is 1. The van der Waals surface area contributed by atoms with Crippen LogP contribution in [0.25, 0.3) is 0 Å². The van der Waals surface area contributed by atoms with E-state index in [9.17, 15) is 4.79 Å². The zero-order chi connectivity index (χ0) is 10.8. The summed E-state index contributed by atoms with van der Waals surface area (Å²) in [5, 5.41) is 0. The molecule has 0 N–H and O–H groups in total. The highest BCUT2D eigenvalue weighted by Crippen LogP contribution is 2.25. The fourth-order valence-electron chi connectivity index (χ4n) is 2.73. The first-order valence-electron chi connectivity index (χ1n) is 6.07. The van der Waals surface area contributed by atoms with Gasteiger partial charge in [-0.25, -0.2) is 0 Å². The summed E-state index contributed by atoms with van der Waals surface area (Å²) in [5.74, 6) is 0.445. The first-order chi connectivity index (χ1) is 7.18. The van der Waals surface area contributed by atoms with Crippen LogP contribution < -0.4 is 0 Å². The van der Waals surface area contributed by atoms with Crippen LogP contribution in [-0.2, 0) is 9.53 Å². The van der Waals surface area contributed by atoms with E-state index in [-0.39, 0.29) is 0 Å². The lowest BCUT2D eigenvalue weighted by Gasteiger charge is -2.43. The van der Waals surface area contributed by atoms with Gasteiger partial charge in [-0.3, -0.25) is 9.69 Å². The Morgan fingerprint density at radius 3 is 2.60 bits per heavy atom. The zero-order valence-electron chi connectivity index (χ0n) is 9.74. The number of ether oxygens (including phenoxy) is 1. The molecule has 86 valence electrons. The molecule has 3 nitrogen and oxygen atoms in total. The molecule has 0 aromatic heterocycles. The number of morpholine rings is 1. The second kappa shape index (κ2) is 4.62. The summed E-state index contributed by atoms with van der Waals surface area (Å²) in [6, 6.07) is 1.11. The van der Waals surface area contributed by atoms with E-state index in [0.29, 0.717) is 24.0 Å². The third kappa shape index (κ3) is 2.40. The van der Waals surface area contributed by atoms with E-state index in [2.05, 4.69) is 18.7 Å². The van der Waals surface area contributed by atoms with Crippen molar-refractivity contribution in [1.29, 1.82) is 0 Å². The predicted octanol–water partition coefficient (Wildman–Crippen LogP) is 1.61. The first-order valence-corrected chi connectivity index (χ1v) is 6.07. The molecule has 0 bridgehead atoms. The monoisotopic (exact) mass is 211 g/mol. The van der Waals surface area contributed by atoms with Crippen LogP contribution in [0.4, 0.5) is 0 Å². The highest BCUT2D eigenvalue weighted by Gasteiger charge is 2.32. The summed E-state index contributed by atoms with van der Waals surface area (Å²) >= 11 is 0. The van der Waals surface area contributed by atoms with Crippen molar-refractivity contribution in [3.8, 4) is 0 Å². The van der Waals surface area contributed by atoms with E-state index in [1.165, 1.54) is 0 Å². The molecule has 2 unspecified atom stereocenters. The molecule has 1 aliphatic carbocycles. The quantitative estimate of drug-likeness (QED) is 0.660. The molecule has 2 rings (SSSR count). The molecule has 0 spiro atoms. The second-order valence-electron chi connectivity index (χ2n) is 4.82. The molecule has 0 aromatic rings. The summed E-state index contributed by atoms with van der Waals surface area (Å²) in [5.41, 5.74) is 0. The summed E-state index contributed by atoms with van der Waals surface area (Å²) in [4.78, 5) is 13.7. The molecule has 1 aliphatic heterocycles. The predicted molar refractivity (Wildman–Crippen MR) is 58.8 cm³/mol. The van der Waals surface area contributed by atoms with Gasteiger partial charge in [0.05, 0.1) is 12.7 Å². The van der Waals surface area contributed by atoms with Crippen LogP contribution in [0.15, 0.2) is 0 Å². The van der Waals surface area contributed by atoms with Crippen LogP contribution in [0.3, 0.4) is 0 Å². The van der Waals surface area contributed by atoms with Gasteiger partial charge in [-0.05, 0) is 26.7 Å². The average Bonchev–Trinajstić information content (AvgIpc) is 2.24. The molecule has 2 aliphatic rings. The molecule has 1 saturated carbocycles. The first kappa shape index (κ1) is 11.1.